The first-order valence-corrected chi connectivity index (χ1v) is 10.8. The molecule has 1 amide bonds. The number of carbonyl (C=O) groups excluding carboxylic acids is 1. The fourth-order valence-electron chi connectivity index (χ4n) is 3.41. The van der Waals surface area contributed by atoms with Gasteiger partial charge in [0.25, 0.3) is 0 Å². The van der Waals surface area contributed by atoms with Gasteiger partial charge in [0.05, 0.1) is 11.4 Å². The molecule has 0 bridgehead atoms. The number of hydrogen-bond donors (Lipinski definition) is 1. The number of nitrogens with one attached hydrogen (secondary N) is 1. The Balaban J connectivity index is 1.70. The summed E-state index contributed by atoms with van der Waals surface area (Å²) in [6, 6.07) is 15.2. The number of carbonyl (C=O) groups is 1. The highest BCUT2D eigenvalue weighted by Crippen LogP contribution is 2.41. The number of rotatable bonds is 7. The van der Waals surface area contributed by atoms with Crippen LogP contribution in [-0.4, -0.2) is 32.2 Å². The molecule has 1 N–H and O–H groups in total. The van der Waals surface area contributed by atoms with E-state index in [1.165, 1.54) is 24.3 Å². The molecule has 0 saturated heterocycles. The van der Waals surface area contributed by atoms with E-state index in [0.717, 1.165) is 0 Å². The van der Waals surface area contributed by atoms with Crippen LogP contribution in [0.25, 0.3) is 0 Å². The predicted octanol–water partition coefficient (Wildman–Crippen LogP) is 3.62. The van der Waals surface area contributed by atoms with Gasteiger partial charge in [-0.1, -0.05) is 42.6 Å². The Morgan fingerprint density at radius 1 is 1.04 bits per heavy atom. The normalized spacial score (nSPS) is 16.0. The monoisotopic (exact) mass is 407 g/mol. The molecule has 1 saturated carbocycles. The van der Waals surface area contributed by atoms with Crippen molar-refractivity contribution < 1.29 is 17.9 Å². The zero-order valence-corrected chi connectivity index (χ0v) is 16.4. The number of benzene rings is 2. The third-order valence-electron chi connectivity index (χ3n) is 4.86. The van der Waals surface area contributed by atoms with Gasteiger partial charge in [-0.05, 0) is 49.2 Å². The van der Waals surface area contributed by atoms with Crippen LogP contribution in [0.3, 0.4) is 0 Å². The molecule has 144 valence electrons. The molecule has 0 atom stereocenters. The molecule has 2 aromatic rings. The summed E-state index contributed by atoms with van der Waals surface area (Å²) in [5, 5.41) is 3.21. The number of amides is 1. The zero-order chi connectivity index (χ0) is 19.3. The predicted molar refractivity (Wildman–Crippen MR) is 105 cm³/mol. The van der Waals surface area contributed by atoms with Crippen molar-refractivity contribution in [2.45, 2.75) is 35.3 Å². The number of ether oxygens (including phenoxy) is 1. The van der Waals surface area contributed by atoms with E-state index in [2.05, 4.69) is 5.32 Å². The lowest BCUT2D eigenvalue weighted by Crippen LogP contribution is -2.51. The molecule has 0 spiro atoms. The molecule has 27 heavy (non-hydrogen) atoms. The second-order valence-corrected chi connectivity index (χ2v) is 9.27. The highest BCUT2D eigenvalue weighted by Gasteiger charge is 2.52. The molecule has 7 heteroatoms. The maximum absolute atomic E-state index is 13.2. The number of sulfone groups is 1. The summed E-state index contributed by atoms with van der Waals surface area (Å²) in [6.07, 6.45) is 2.06. The maximum Gasteiger partial charge on any atom is 0.241 e. The van der Waals surface area contributed by atoms with E-state index >= 15 is 0 Å². The molecule has 0 unspecified atom stereocenters. The molecule has 0 aliphatic heterocycles. The molecule has 1 aliphatic carbocycles. The van der Waals surface area contributed by atoms with Crippen LogP contribution in [0.4, 0.5) is 0 Å². The average Bonchev–Trinajstić information content (AvgIpc) is 3.18. The van der Waals surface area contributed by atoms with Gasteiger partial charge in [0.2, 0.25) is 5.91 Å². The first kappa shape index (κ1) is 19.7. The van der Waals surface area contributed by atoms with Gasteiger partial charge in [-0.2, -0.15) is 0 Å². The van der Waals surface area contributed by atoms with E-state index in [9.17, 15) is 13.2 Å². The number of para-hydroxylation sites is 1. The Bertz CT molecular complexity index is 876. The smallest absolute Gasteiger partial charge is 0.241 e. The van der Waals surface area contributed by atoms with Crippen LogP contribution in [0.1, 0.15) is 25.7 Å². The van der Waals surface area contributed by atoms with Crippen LogP contribution < -0.4 is 10.1 Å². The summed E-state index contributed by atoms with van der Waals surface area (Å²) >= 11 is 5.87. The summed E-state index contributed by atoms with van der Waals surface area (Å²) in [6.45, 7) is 0.512. The van der Waals surface area contributed by atoms with E-state index in [4.69, 9.17) is 16.3 Å². The summed E-state index contributed by atoms with van der Waals surface area (Å²) in [5.74, 6) is 0.253. The number of halogens is 1. The van der Waals surface area contributed by atoms with Gasteiger partial charge in [0.1, 0.15) is 12.4 Å². The van der Waals surface area contributed by atoms with Crippen molar-refractivity contribution in [3.63, 3.8) is 0 Å². The van der Waals surface area contributed by atoms with Gasteiger partial charge in [-0.25, -0.2) is 8.42 Å². The summed E-state index contributed by atoms with van der Waals surface area (Å²) in [5.41, 5.74) is 0. The van der Waals surface area contributed by atoms with E-state index in [-0.39, 0.29) is 18.0 Å². The molecule has 0 heterocycles. The Hall–Kier alpha value is -2.05. The molecule has 0 aromatic heterocycles. The van der Waals surface area contributed by atoms with Crippen LogP contribution >= 0.6 is 11.6 Å². The molecular formula is C20H22ClNO4S. The number of hydrogen-bond acceptors (Lipinski definition) is 4. The lowest BCUT2D eigenvalue weighted by molar-refractivity contribution is -0.123. The first-order chi connectivity index (χ1) is 13.0. The van der Waals surface area contributed by atoms with E-state index in [1.807, 2.05) is 30.3 Å². The fourth-order valence-corrected chi connectivity index (χ4v) is 5.63. The molecule has 2 aromatic carbocycles. The summed E-state index contributed by atoms with van der Waals surface area (Å²) in [4.78, 5) is 13.0. The van der Waals surface area contributed by atoms with Crippen LogP contribution in [0.5, 0.6) is 5.75 Å². The minimum atomic E-state index is -3.82. The summed E-state index contributed by atoms with van der Waals surface area (Å²) < 4.78 is 30.6. The van der Waals surface area contributed by atoms with Gasteiger partial charge < -0.3 is 10.1 Å². The fraction of sp³-hybridized carbons (Fsp3) is 0.350. The van der Waals surface area contributed by atoms with E-state index < -0.39 is 20.5 Å². The zero-order valence-electron chi connectivity index (χ0n) is 14.9. The Morgan fingerprint density at radius 2 is 1.67 bits per heavy atom. The molecule has 1 fully saturated rings. The third kappa shape index (κ3) is 4.12. The van der Waals surface area contributed by atoms with Gasteiger partial charge in [0.15, 0.2) is 14.6 Å². The maximum atomic E-state index is 13.2. The average molecular weight is 408 g/mol. The lowest BCUT2D eigenvalue weighted by Gasteiger charge is -2.27. The second kappa shape index (κ2) is 8.31. The van der Waals surface area contributed by atoms with Crippen molar-refractivity contribution in [2.75, 3.05) is 13.2 Å². The van der Waals surface area contributed by atoms with Crippen molar-refractivity contribution in [2.24, 2.45) is 0 Å². The van der Waals surface area contributed by atoms with Crippen molar-refractivity contribution in [1.82, 2.24) is 5.32 Å². The van der Waals surface area contributed by atoms with Gasteiger partial charge in [-0.15, -0.1) is 0 Å². The first-order valence-electron chi connectivity index (χ1n) is 8.92. The van der Waals surface area contributed by atoms with Crippen molar-refractivity contribution >= 4 is 27.3 Å². The van der Waals surface area contributed by atoms with Crippen molar-refractivity contribution in [3.8, 4) is 5.75 Å². The molecular weight excluding hydrogens is 386 g/mol. The topological polar surface area (TPSA) is 72.5 Å². The van der Waals surface area contributed by atoms with Crippen LogP contribution in [-0.2, 0) is 14.6 Å². The Morgan fingerprint density at radius 3 is 2.30 bits per heavy atom. The standard InChI is InChI=1S/C20H22ClNO4S/c21-16-8-10-18(11-9-16)27(24,25)20(12-4-5-13-20)19(23)22-14-15-26-17-6-2-1-3-7-17/h1-3,6-11H,4-5,12-15H2,(H,22,23). The van der Waals surface area contributed by atoms with E-state index in [0.29, 0.717) is 36.5 Å². The van der Waals surface area contributed by atoms with Crippen LogP contribution in [0.15, 0.2) is 59.5 Å². The minimum absolute atomic E-state index is 0.129. The van der Waals surface area contributed by atoms with Crippen molar-refractivity contribution in [3.05, 3.63) is 59.6 Å². The second-order valence-electron chi connectivity index (χ2n) is 6.58. The minimum Gasteiger partial charge on any atom is -0.492 e. The van der Waals surface area contributed by atoms with Gasteiger partial charge >= 0.3 is 0 Å². The van der Waals surface area contributed by atoms with Crippen LogP contribution in [0, 0.1) is 0 Å². The highest BCUT2D eigenvalue weighted by molar-refractivity contribution is 7.93. The Kier molecular flexibility index (Phi) is 6.07. The highest BCUT2D eigenvalue weighted by atomic mass is 35.5. The molecule has 1 aliphatic rings. The molecule has 3 rings (SSSR count). The van der Waals surface area contributed by atoms with Crippen LogP contribution in [0.2, 0.25) is 5.02 Å². The SMILES string of the molecule is O=C(NCCOc1ccccc1)C1(S(=O)(=O)c2ccc(Cl)cc2)CCCC1. The van der Waals surface area contributed by atoms with Crippen molar-refractivity contribution in [1.29, 1.82) is 0 Å². The van der Waals surface area contributed by atoms with E-state index in [1.54, 1.807) is 0 Å². The molecule has 5 nitrogen and oxygen atoms in total. The third-order valence-corrected chi connectivity index (χ3v) is 7.63. The Labute approximate surface area is 164 Å². The lowest BCUT2D eigenvalue weighted by atomic mass is 10.1. The quantitative estimate of drug-likeness (QED) is 0.711. The summed E-state index contributed by atoms with van der Waals surface area (Å²) in [7, 11) is -3.82. The largest absolute Gasteiger partial charge is 0.492 e. The van der Waals surface area contributed by atoms with Gasteiger partial charge in [-0.3, -0.25) is 4.79 Å². The molecule has 0 radical (unpaired) electrons. The van der Waals surface area contributed by atoms with Gasteiger partial charge in [0, 0.05) is 5.02 Å².